The molecule has 0 bridgehead atoms. The second-order valence-corrected chi connectivity index (χ2v) is 21.7. The molecule has 82 heavy (non-hydrogen) atoms. The molecule has 0 spiro atoms. The number of benzene rings is 6. The second-order valence-electron chi connectivity index (χ2n) is 21.7. The van der Waals surface area contributed by atoms with Gasteiger partial charge in [0.25, 0.3) is 17.1 Å². The number of nitro groups is 3. The Kier molecular flexibility index (Phi) is 23.6. The van der Waals surface area contributed by atoms with Gasteiger partial charge in [-0.15, -0.1) is 0 Å². The van der Waals surface area contributed by atoms with Crippen LogP contribution < -0.4 is 22.9 Å². The van der Waals surface area contributed by atoms with Gasteiger partial charge in [0, 0.05) is 77.0 Å². The summed E-state index contributed by atoms with van der Waals surface area (Å²) in [6.45, 7) is 6.54. The minimum atomic E-state index is -0.529. The van der Waals surface area contributed by atoms with Gasteiger partial charge >= 0.3 is 0 Å². The lowest BCUT2D eigenvalue weighted by Crippen LogP contribution is -2.17. The predicted octanol–water partition coefficient (Wildman–Crippen LogP) is 13.6. The molecule has 0 saturated carbocycles. The number of hydrogen-bond donors (Lipinski definition) is 7. The maximum atomic E-state index is 11.4. The first-order valence-corrected chi connectivity index (χ1v) is 28.6. The number of nitro benzene ring substituents is 3. The molecule has 0 fully saturated rings. The quantitative estimate of drug-likeness (QED) is 0.0375. The largest absolute Gasteiger partial charge is 0.411 e. The Morgan fingerprint density at radius 3 is 1.35 bits per heavy atom. The molecular weight excluding hydrogens is 1040 g/mol. The van der Waals surface area contributed by atoms with E-state index in [1.54, 1.807) is 18.2 Å². The van der Waals surface area contributed by atoms with Crippen LogP contribution in [0, 0.1) is 30.3 Å². The summed E-state index contributed by atoms with van der Waals surface area (Å²) in [6, 6.07) is 32.4. The Morgan fingerprint density at radius 1 is 0.476 bits per heavy atom. The number of ketones is 1. The van der Waals surface area contributed by atoms with E-state index >= 15 is 0 Å². The minimum absolute atomic E-state index is 0.000926. The second kappa shape index (κ2) is 30.7. The molecule has 4 atom stereocenters. The van der Waals surface area contributed by atoms with Crippen molar-refractivity contribution < 1.29 is 35.0 Å². The zero-order valence-electron chi connectivity index (χ0n) is 47.4. The number of nitrogen functional groups attached to an aromatic ring is 3. The van der Waals surface area contributed by atoms with Crippen LogP contribution in [-0.4, -0.2) is 41.7 Å². The average molecular weight is 1120 g/mol. The number of rotatable bonds is 3. The summed E-state index contributed by atoms with van der Waals surface area (Å²) in [5.41, 5.74) is 39.0. The molecule has 18 heteroatoms. The first-order valence-electron chi connectivity index (χ1n) is 28.6. The van der Waals surface area contributed by atoms with Crippen molar-refractivity contribution >= 4 is 45.6 Å². The minimum Gasteiger partial charge on any atom is -0.411 e. The van der Waals surface area contributed by atoms with Crippen LogP contribution in [0.5, 0.6) is 0 Å². The Morgan fingerprint density at radius 2 is 0.841 bits per heavy atom. The van der Waals surface area contributed by atoms with Crippen molar-refractivity contribution in [1.82, 2.24) is 0 Å². The predicted molar refractivity (Wildman–Crippen MR) is 323 cm³/mol. The lowest BCUT2D eigenvalue weighted by Gasteiger charge is -2.22. The summed E-state index contributed by atoms with van der Waals surface area (Å²) in [5, 5.41) is 62.8. The molecule has 6 aliphatic rings. The van der Waals surface area contributed by atoms with E-state index in [2.05, 4.69) is 44.1 Å². The van der Waals surface area contributed by atoms with Crippen molar-refractivity contribution in [2.45, 2.75) is 167 Å². The van der Waals surface area contributed by atoms with Crippen molar-refractivity contribution in [3.63, 3.8) is 0 Å². The van der Waals surface area contributed by atoms with Gasteiger partial charge in [-0.1, -0.05) is 68.7 Å². The highest BCUT2D eigenvalue weighted by Crippen LogP contribution is 2.35. The number of aryl methyl sites for hydroxylation is 6. The van der Waals surface area contributed by atoms with E-state index in [9.17, 15) is 45.4 Å². The highest BCUT2D eigenvalue weighted by Gasteiger charge is 2.24. The van der Waals surface area contributed by atoms with Gasteiger partial charge in [0.1, 0.15) is 0 Å². The summed E-state index contributed by atoms with van der Waals surface area (Å²) in [6.07, 6.45) is 18.0. The number of fused-ring (bicyclic) bond motifs is 6. The van der Waals surface area contributed by atoms with Gasteiger partial charge in [-0.3, -0.25) is 35.1 Å². The van der Waals surface area contributed by atoms with E-state index < -0.39 is 20.9 Å². The molecule has 6 aromatic rings. The zero-order valence-corrected chi connectivity index (χ0v) is 47.4. The van der Waals surface area contributed by atoms with Gasteiger partial charge < -0.3 is 38.4 Å². The van der Waals surface area contributed by atoms with Crippen LogP contribution in [-0.2, 0) is 38.5 Å². The number of oxime groups is 1. The standard InChI is InChI=1S/C11H15N.C10H10N2O3.C10H14N2.C10H11NO3.C10H9NO3.C10H13NO.C3H8/c1-8-3-2-4-9-5-6-10(12)7-11(8)9;13-11-10-3-1-2-7-4-5-8(12(14)15)6-9(7)10;11-8-5-4-7-2-1-3-10(12)9(7)6-8;2*12-10-3-1-2-7-4-5-8(11(13)14)6-9(7)10;11-8-5-4-7-2-1-3-10(12)9(7)6-8;1-3-2/h5-8H,2-4,12H2,1H3;4-6,13H,1-3H2;4-6,10H,1-3,11-12H2;4-6,10,12H,1-3H2;4-6H,1-3H2;4-6,10,12H,1-3,11H2;3H2,1-2H3/b;11-10+;;;;;. The van der Waals surface area contributed by atoms with Gasteiger partial charge in [-0.2, -0.15) is 0 Å². The highest BCUT2D eigenvalue weighted by molar-refractivity contribution is 6.02. The number of carbonyl (C=O) groups excluding carboxylic acids is 1. The van der Waals surface area contributed by atoms with E-state index in [4.69, 9.17) is 28.1 Å². The maximum absolute atomic E-state index is 11.4. The van der Waals surface area contributed by atoms with Crippen LogP contribution in [0.3, 0.4) is 0 Å². The normalized spacial score (nSPS) is 19.0. The Labute approximate surface area is 480 Å². The lowest BCUT2D eigenvalue weighted by molar-refractivity contribution is -0.385. The van der Waals surface area contributed by atoms with Crippen LogP contribution >= 0.6 is 0 Å². The van der Waals surface area contributed by atoms with Crippen LogP contribution in [0.1, 0.15) is 200 Å². The highest BCUT2D eigenvalue weighted by atomic mass is 16.6. The fraction of sp³-hybridized carbons (Fsp3) is 0.406. The lowest BCUT2D eigenvalue weighted by atomic mass is 9.84. The molecule has 0 saturated heterocycles. The molecule has 6 aliphatic carbocycles. The van der Waals surface area contributed by atoms with E-state index in [1.165, 1.54) is 96.3 Å². The van der Waals surface area contributed by atoms with Crippen LogP contribution in [0.25, 0.3) is 0 Å². The van der Waals surface area contributed by atoms with Crippen molar-refractivity contribution in [3.05, 3.63) is 206 Å². The number of aliphatic hydroxyl groups is 2. The third-order valence-electron chi connectivity index (χ3n) is 15.4. The molecule has 0 aliphatic heterocycles. The molecule has 0 heterocycles. The van der Waals surface area contributed by atoms with Gasteiger partial charge in [-0.05, 0) is 207 Å². The number of anilines is 3. The number of aliphatic hydroxyl groups excluding tert-OH is 2. The summed E-state index contributed by atoms with van der Waals surface area (Å²) < 4.78 is 0. The zero-order chi connectivity index (χ0) is 59.5. The Hall–Kier alpha value is -8.06. The average Bonchev–Trinajstić information content (AvgIpc) is 3.58. The van der Waals surface area contributed by atoms with E-state index in [1.807, 2.05) is 36.4 Å². The van der Waals surface area contributed by atoms with E-state index in [0.717, 1.165) is 116 Å². The number of carbonyl (C=O) groups is 1. The SMILES string of the molecule is CC1CCCc2ccc(N)cc21.CCC.Nc1ccc2c(c1)C(N)CCC2.Nc1ccc2c(c1)C(O)CCC2.O=C1CCCc2ccc([N+](=O)[O-])cc21.O=[N+]([O-])c1ccc2c(c1)/C(=N/O)CCC2.O=[N+]([O-])c1ccc2c(c1)C(O)CCC2. The van der Waals surface area contributed by atoms with Gasteiger partial charge in [0.15, 0.2) is 5.78 Å². The summed E-state index contributed by atoms with van der Waals surface area (Å²) in [5.74, 6) is 0.729. The van der Waals surface area contributed by atoms with Crippen LogP contribution in [0.4, 0.5) is 34.1 Å². The topological polar surface area (TPSA) is 324 Å². The van der Waals surface area contributed by atoms with Crippen LogP contribution in [0.2, 0.25) is 0 Å². The summed E-state index contributed by atoms with van der Waals surface area (Å²) in [7, 11) is 0. The fourth-order valence-electron chi connectivity index (χ4n) is 11.2. The van der Waals surface area contributed by atoms with Gasteiger partial charge in [-0.25, -0.2) is 0 Å². The number of Topliss-reactive ketones (excluding diaryl/α,β-unsaturated/α-hetero) is 1. The number of non-ortho nitro benzene ring substituents is 3. The molecule has 0 aromatic heterocycles. The molecule has 6 aromatic carbocycles. The Bertz CT molecular complexity index is 3070. The smallest absolute Gasteiger partial charge is 0.270 e. The monoisotopic (exact) mass is 1120 g/mol. The summed E-state index contributed by atoms with van der Waals surface area (Å²) in [4.78, 5) is 41.7. The van der Waals surface area contributed by atoms with Crippen LogP contribution in [0.15, 0.2) is 114 Å². The molecule has 11 N–H and O–H groups in total. The number of nitrogens with two attached hydrogens (primary N) is 4. The molecule has 4 unspecified atom stereocenters. The first-order chi connectivity index (χ1) is 39.3. The van der Waals surface area contributed by atoms with Gasteiger partial charge in [0.2, 0.25) is 0 Å². The molecular formula is C64H80N8O10. The van der Waals surface area contributed by atoms with Gasteiger partial charge in [0.05, 0.1) is 32.7 Å². The number of hydrogen-bond acceptors (Lipinski definition) is 15. The maximum Gasteiger partial charge on any atom is 0.270 e. The fourth-order valence-corrected chi connectivity index (χ4v) is 11.2. The summed E-state index contributed by atoms with van der Waals surface area (Å²) >= 11 is 0. The molecule has 0 radical (unpaired) electrons. The molecule has 436 valence electrons. The molecule has 12 rings (SSSR count). The third-order valence-corrected chi connectivity index (χ3v) is 15.4. The molecule has 0 amide bonds. The first kappa shape index (κ1) is 63.1. The van der Waals surface area contributed by atoms with Crippen molar-refractivity contribution in [2.24, 2.45) is 10.9 Å². The van der Waals surface area contributed by atoms with Crippen molar-refractivity contribution in [2.75, 3.05) is 17.2 Å². The van der Waals surface area contributed by atoms with E-state index in [0.29, 0.717) is 42.0 Å². The van der Waals surface area contributed by atoms with Crippen molar-refractivity contribution in [1.29, 1.82) is 0 Å². The third kappa shape index (κ3) is 17.5. The number of nitrogens with zero attached hydrogens (tertiary/aromatic N) is 4. The van der Waals surface area contributed by atoms with Crippen molar-refractivity contribution in [3.8, 4) is 0 Å². The Balaban J connectivity index is 0.000000157. The molecule has 18 nitrogen and oxygen atoms in total. The van der Waals surface area contributed by atoms with E-state index in [-0.39, 0.29) is 35.0 Å².